The van der Waals surface area contributed by atoms with Gasteiger partial charge in [0, 0.05) is 30.8 Å². The summed E-state index contributed by atoms with van der Waals surface area (Å²) >= 11 is 0. The fourth-order valence-electron chi connectivity index (χ4n) is 3.14. The second kappa shape index (κ2) is 5.79. The van der Waals surface area contributed by atoms with E-state index in [1.54, 1.807) is 29.2 Å². The van der Waals surface area contributed by atoms with Crippen molar-refractivity contribution in [2.24, 2.45) is 0 Å². The predicted octanol–water partition coefficient (Wildman–Crippen LogP) is 1.50. The van der Waals surface area contributed by atoms with Gasteiger partial charge in [-0.15, -0.1) is 0 Å². The van der Waals surface area contributed by atoms with Gasteiger partial charge in [-0.1, -0.05) is 0 Å². The summed E-state index contributed by atoms with van der Waals surface area (Å²) in [6, 6.07) is 6.11. The highest BCUT2D eigenvalue weighted by molar-refractivity contribution is 5.99. The van der Waals surface area contributed by atoms with Gasteiger partial charge in [-0.3, -0.25) is 9.59 Å². The maximum atomic E-state index is 12.4. The number of hydrogen-bond donors (Lipinski definition) is 1. The molecule has 22 heavy (non-hydrogen) atoms. The molecule has 2 amide bonds. The fourth-order valence-corrected chi connectivity index (χ4v) is 3.14. The molecule has 116 valence electrons. The average Bonchev–Trinajstić information content (AvgIpc) is 3.15. The Bertz CT molecular complexity index is 611. The number of nitrogens with zero attached hydrogens (tertiary/aromatic N) is 2. The number of benzene rings is 1. The highest BCUT2D eigenvalue weighted by atomic mass is 16.4. The van der Waals surface area contributed by atoms with Crippen LogP contribution in [0.2, 0.25) is 0 Å². The Morgan fingerprint density at radius 1 is 1.09 bits per heavy atom. The fraction of sp³-hybridized carbons (Fsp3) is 0.438. The molecule has 2 saturated heterocycles. The molecule has 1 aromatic rings. The van der Waals surface area contributed by atoms with Crippen molar-refractivity contribution in [2.75, 3.05) is 18.0 Å². The molecule has 1 N–H and O–H groups in total. The van der Waals surface area contributed by atoms with E-state index in [2.05, 4.69) is 0 Å². The summed E-state index contributed by atoms with van der Waals surface area (Å²) in [4.78, 5) is 38.4. The maximum Gasteiger partial charge on any atom is 0.326 e. The quantitative estimate of drug-likeness (QED) is 0.918. The zero-order valence-electron chi connectivity index (χ0n) is 12.2. The van der Waals surface area contributed by atoms with Gasteiger partial charge in [0.05, 0.1) is 0 Å². The molecular weight excluding hydrogens is 284 g/mol. The van der Waals surface area contributed by atoms with Crippen molar-refractivity contribution in [3.8, 4) is 0 Å². The minimum Gasteiger partial charge on any atom is -0.480 e. The van der Waals surface area contributed by atoms with Gasteiger partial charge in [0.15, 0.2) is 0 Å². The molecule has 0 aromatic heterocycles. The molecule has 2 fully saturated rings. The number of likely N-dealkylation sites (tertiary alicyclic amines) is 1. The summed E-state index contributed by atoms with van der Waals surface area (Å²) in [6.45, 7) is 1.18. The number of carboxylic acids is 1. The van der Waals surface area contributed by atoms with Gasteiger partial charge < -0.3 is 14.9 Å². The summed E-state index contributed by atoms with van der Waals surface area (Å²) in [5.41, 5.74) is 1.25. The van der Waals surface area contributed by atoms with Crippen LogP contribution in [-0.2, 0) is 9.59 Å². The minimum atomic E-state index is -0.954. The SMILES string of the molecule is O=C(O)[C@H]1CCCN1C(=O)c1ccc(N2CCCC2=O)cc1. The molecule has 0 bridgehead atoms. The molecule has 6 heteroatoms. The predicted molar refractivity (Wildman–Crippen MR) is 79.7 cm³/mol. The Balaban J connectivity index is 1.76. The molecule has 0 aliphatic carbocycles. The summed E-state index contributed by atoms with van der Waals surface area (Å²) in [5.74, 6) is -1.11. The van der Waals surface area contributed by atoms with Gasteiger partial charge in [0.2, 0.25) is 5.91 Å². The second-order valence-electron chi connectivity index (χ2n) is 5.69. The molecule has 0 radical (unpaired) electrons. The van der Waals surface area contributed by atoms with Crippen LogP contribution in [0.3, 0.4) is 0 Å². The number of carbonyl (C=O) groups excluding carboxylic acids is 2. The molecule has 1 aromatic carbocycles. The van der Waals surface area contributed by atoms with Crippen molar-refractivity contribution in [3.05, 3.63) is 29.8 Å². The number of carbonyl (C=O) groups is 3. The Morgan fingerprint density at radius 3 is 2.41 bits per heavy atom. The van der Waals surface area contributed by atoms with E-state index in [0.717, 1.165) is 12.1 Å². The van der Waals surface area contributed by atoms with E-state index in [1.165, 1.54) is 4.90 Å². The molecule has 0 spiro atoms. The lowest BCUT2D eigenvalue weighted by Crippen LogP contribution is -2.40. The number of amides is 2. The lowest BCUT2D eigenvalue weighted by molar-refractivity contribution is -0.141. The first-order valence-electron chi connectivity index (χ1n) is 7.52. The zero-order chi connectivity index (χ0) is 15.7. The van der Waals surface area contributed by atoms with Crippen LogP contribution >= 0.6 is 0 Å². The number of rotatable bonds is 3. The van der Waals surface area contributed by atoms with Crippen LogP contribution in [0.25, 0.3) is 0 Å². The minimum absolute atomic E-state index is 0.101. The molecule has 1 atom stereocenters. The molecule has 0 unspecified atom stereocenters. The highest BCUT2D eigenvalue weighted by Crippen LogP contribution is 2.24. The van der Waals surface area contributed by atoms with E-state index in [9.17, 15) is 14.4 Å². The molecule has 3 rings (SSSR count). The third-order valence-electron chi connectivity index (χ3n) is 4.30. The van der Waals surface area contributed by atoms with Crippen molar-refractivity contribution < 1.29 is 19.5 Å². The molecule has 2 heterocycles. The Kier molecular flexibility index (Phi) is 3.83. The van der Waals surface area contributed by atoms with Gasteiger partial charge in [-0.05, 0) is 43.5 Å². The summed E-state index contributed by atoms with van der Waals surface area (Å²) < 4.78 is 0. The number of hydrogen-bond acceptors (Lipinski definition) is 3. The highest BCUT2D eigenvalue weighted by Gasteiger charge is 2.34. The first kappa shape index (κ1) is 14.6. The van der Waals surface area contributed by atoms with Crippen molar-refractivity contribution in [1.29, 1.82) is 0 Å². The van der Waals surface area contributed by atoms with Crippen LogP contribution in [0.1, 0.15) is 36.0 Å². The Morgan fingerprint density at radius 2 is 1.82 bits per heavy atom. The van der Waals surface area contributed by atoms with Gasteiger partial charge in [-0.2, -0.15) is 0 Å². The normalized spacial score (nSPS) is 21.5. The molecule has 2 aliphatic rings. The lowest BCUT2D eigenvalue weighted by atomic mass is 10.1. The van der Waals surface area contributed by atoms with Crippen molar-refractivity contribution >= 4 is 23.5 Å². The molecular formula is C16H18N2O4. The van der Waals surface area contributed by atoms with Crippen LogP contribution in [0.4, 0.5) is 5.69 Å². The lowest BCUT2D eigenvalue weighted by Gasteiger charge is -2.22. The van der Waals surface area contributed by atoms with Crippen LogP contribution < -0.4 is 4.90 Å². The smallest absolute Gasteiger partial charge is 0.326 e. The van der Waals surface area contributed by atoms with Crippen molar-refractivity contribution in [1.82, 2.24) is 4.90 Å². The van der Waals surface area contributed by atoms with E-state index in [4.69, 9.17) is 5.11 Å². The van der Waals surface area contributed by atoms with E-state index in [1.807, 2.05) is 0 Å². The van der Waals surface area contributed by atoms with Gasteiger partial charge >= 0.3 is 5.97 Å². The van der Waals surface area contributed by atoms with Crippen molar-refractivity contribution in [2.45, 2.75) is 31.7 Å². The van der Waals surface area contributed by atoms with Crippen LogP contribution in [0.5, 0.6) is 0 Å². The third-order valence-corrected chi connectivity index (χ3v) is 4.30. The Labute approximate surface area is 128 Å². The summed E-state index contributed by atoms with van der Waals surface area (Å²) in [5, 5.41) is 9.16. The molecule has 6 nitrogen and oxygen atoms in total. The van der Waals surface area contributed by atoms with Crippen molar-refractivity contribution in [3.63, 3.8) is 0 Å². The topological polar surface area (TPSA) is 77.9 Å². The number of anilines is 1. The van der Waals surface area contributed by atoms with Crippen LogP contribution in [0.15, 0.2) is 24.3 Å². The average molecular weight is 302 g/mol. The monoisotopic (exact) mass is 302 g/mol. The van der Waals surface area contributed by atoms with Crippen LogP contribution in [0, 0.1) is 0 Å². The summed E-state index contributed by atoms with van der Waals surface area (Å²) in [6.07, 6.45) is 2.63. The standard InChI is InChI=1S/C16H18N2O4/c19-14-4-2-9-17(14)12-7-5-11(6-8-12)15(20)18-10-1-3-13(18)16(21)22/h5-8,13H,1-4,9-10H2,(H,21,22)/t13-/m1/s1. The van der Waals surface area contributed by atoms with E-state index in [0.29, 0.717) is 37.9 Å². The first-order chi connectivity index (χ1) is 10.6. The van der Waals surface area contributed by atoms with Gasteiger partial charge in [-0.25, -0.2) is 4.79 Å². The number of carboxylic acid groups (broad SMARTS) is 1. The third kappa shape index (κ3) is 2.56. The zero-order valence-corrected chi connectivity index (χ0v) is 12.2. The van der Waals surface area contributed by atoms with Crippen LogP contribution in [-0.4, -0.2) is 46.9 Å². The molecule has 0 saturated carbocycles. The van der Waals surface area contributed by atoms with E-state index < -0.39 is 12.0 Å². The number of aliphatic carboxylic acids is 1. The molecule has 2 aliphatic heterocycles. The van der Waals surface area contributed by atoms with E-state index in [-0.39, 0.29) is 11.8 Å². The maximum absolute atomic E-state index is 12.4. The first-order valence-corrected chi connectivity index (χ1v) is 7.52. The second-order valence-corrected chi connectivity index (χ2v) is 5.69. The van der Waals surface area contributed by atoms with Gasteiger partial charge in [0.25, 0.3) is 5.91 Å². The largest absolute Gasteiger partial charge is 0.480 e. The van der Waals surface area contributed by atoms with Gasteiger partial charge in [0.1, 0.15) is 6.04 Å². The Hall–Kier alpha value is -2.37. The summed E-state index contributed by atoms with van der Waals surface area (Å²) in [7, 11) is 0. The van der Waals surface area contributed by atoms with E-state index >= 15 is 0 Å².